The van der Waals surface area contributed by atoms with E-state index in [9.17, 15) is 4.79 Å². The van der Waals surface area contributed by atoms with Gasteiger partial charge in [-0.1, -0.05) is 12.1 Å². The molecule has 152 valence electrons. The highest BCUT2D eigenvalue weighted by molar-refractivity contribution is 5.89. The first kappa shape index (κ1) is 20.6. The third-order valence-corrected chi connectivity index (χ3v) is 5.10. The molecule has 0 aliphatic carbocycles. The van der Waals surface area contributed by atoms with Crippen molar-refractivity contribution in [2.75, 3.05) is 21.3 Å². The van der Waals surface area contributed by atoms with Crippen molar-refractivity contribution in [1.29, 1.82) is 0 Å². The van der Waals surface area contributed by atoms with E-state index >= 15 is 0 Å². The zero-order valence-electron chi connectivity index (χ0n) is 17.4. The number of aromatic nitrogens is 1. The zero-order chi connectivity index (χ0) is 21.0. The molecule has 1 atom stereocenters. The molecule has 0 spiro atoms. The van der Waals surface area contributed by atoms with Crippen LogP contribution >= 0.6 is 0 Å². The number of hydrogen-bond acceptors (Lipinski definition) is 6. The zero-order valence-corrected chi connectivity index (χ0v) is 17.4. The third-order valence-electron chi connectivity index (χ3n) is 5.10. The quantitative estimate of drug-likeness (QED) is 0.544. The Balaban J connectivity index is 1.73. The average Bonchev–Trinajstić information content (AvgIpc) is 3.12. The van der Waals surface area contributed by atoms with Gasteiger partial charge in [-0.2, -0.15) is 0 Å². The third kappa shape index (κ3) is 4.66. The highest BCUT2D eigenvalue weighted by Crippen LogP contribution is 2.26. The summed E-state index contributed by atoms with van der Waals surface area (Å²) in [6, 6.07) is 15.3. The van der Waals surface area contributed by atoms with Crippen LogP contribution in [0.2, 0.25) is 0 Å². The molecule has 1 heterocycles. The lowest BCUT2D eigenvalue weighted by Gasteiger charge is -2.24. The summed E-state index contributed by atoms with van der Waals surface area (Å²) in [7, 11) is 5.09. The van der Waals surface area contributed by atoms with Crippen LogP contribution in [0.5, 0.6) is 5.75 Å². The van der Waals surface area contributed by atoms with Gasteiger partial charge in [-0.05, 0) is 62.9 Å². The van der Waals surface area contributed by atoms with E-state index in [-0.39, 0.29) is 12.0 Å². The van der Waals surface area contributed by atoms with Crippen LogP contribution in [0, 0.1) is 6.92 Å². The van der Waals surface area contributed by atoms with Crippen molar-refractivity contribution in [2.24, 2.45) is 0 Å². The van der Waals surface area contributed by atoms with E-state index < -0.39 is 0 Å². The van der Waals surface area contributed by atoms with Gasteiger partial charge < -0.3 is 13.9 Å². The van der Waals surface area contributed by atoms with E-state index in [2.05, 4.69) is 36.0 Å². The highest BCUT2D eigenvalue weighted by atomic mass is 16.5. The van der Waals surface area contributed by atoms with Crippen molar-refractivity contribution in [3.8, 4) is 17.2 Å². The van der Waals surface area contributed by atoms with Gasteiger partial charge in [-0.25, -0.2) is 9.78 Å². The first-order valence-electron chi connectivity index (χ1n) is 9.42. The highest BCUT2D eigenvalue weighted by Gasteiger charge is 2.18. The molecule has 29 heavy (non-hydrogen) atoms. The van der Waals surface area contributed by atoms with E-state index in [1.165, 1.54) is 12.7 Å². The van der Waals surface area contributed by atoms with Crippen LogP contribution in [0.15, 0.2) is 52.9 Å². The van der Waals surface area contributed by atoms with Gasteiger partial charge in [0.15, 0.2) is 0 Å². The Kier molecular flexibility index (Phi) is 6.34. The van der Waals surface area contributed by atoms with E-state index in [0.717, 1.165) is 22.8 Å². The molecule has 3 aromatic rings. The Hall–Kier alpha value is -3.12. The predicted molar refractivity (Wildman–Crippen MR) is 111 cm³/mol. The van der Waals surface area contributed by atoms with E-state index in [4.69, 9.17) is 13.9 Å². The largest absolute Gasteiger partial charge is 0.497 e. The van der Waals surface area contributed by atoms with Gasteiger partial charge in [0, 0.05) is 18.2 Å². The number of aryl methyl sites for hydroxylation is 1. The molecule has 2 aromatic carbocycles. The second-order valence-corrected chi connectivity index (χ2v) is 6.96. The summed E-state index contributed by atoms with van der Waals surface area (Å²) in [6.45, 7) is 4.73. The predicted octanol–water partition coefficient (Wildman–Crippen LogP) is 4.64. The molecule has 0 aliphatic rings. The molecule has 0 bridgehead atoms. The first-order valence-corrected chi connectivity index (χ1v) is 9.42. The molecule has 0 unspecified atom stereocenters. The standard InChI is InChI=1S/C23H26N2O4/c1-15(17-10-12-20(27-4)13-11-17)25(3)14-21-16(2)29-22(24-21)18-6-8-19(9-7-18)23(26)28-5/h6-13,15H,14H2,1-5H3/t15-/m1/s1. The fourth-order valence-electron chi connectivity index (χ4n) is 3.08. The normalized spacial score (nSPS) is 12.1. The number of benzene rings is 2. The Labute approximate surface area is 171 Å². The van der Waals surface area contributed by atoms with Gasteiger partial charge in [0.1, 0.15) is 11.5 Å². The Morgan fingerprint density at radius 3 is 2.34 bits per heavy atom. The second-order valence-electron chi connectivity index (χ2n) is 6.96. The van der Waals surface area contributed by atoms with Crippen LogP contribution in [0.1, 0.15) is 40.3 Å². The number of rotatable bonds is 7. The molecule has 0 aliphatic heterocycles. The minimum absolute atomic E-state index is 0.208. The van der Waals surface area contributed by atoms with E-state index in [0.29, 0.717) is 18.0 Å². The van der Waals surface area contributed by atoms with Gasteiger partial charge in [0.05, 0.1) is 25.5 Å². The fourth-order valence-corrected chi connectivity index (χ4v) is 3.08. The minimum Gasteiger partial charge on any atom is -0.497 e. The summed E-state index contributed by atoms with van der Waals surface area (Å²) in [6.07, 6.45) is 0. The SMILES string of the molecule is COC(=O)c1ccc(-c2nc(CN(C)[C@H](C)c3ccc(OC)cc3)c(C)o2)cc1. The number of ether oxygens (including phenoxy) is 2. The summed E-state index contributed by atoms with van der Waals surface area (Å²) in [5.74, 6) is 1.80. The molecule has 0 N–H and O–H groups in total. The summed E-state index contributed by atoms with van der Waals surface area (Å²) in [5, 5.41) is 0. The fraction of sp³-hybridized carbons (Fsp3) is 0.304. The van der Waals surface area contributed by atoms with E-state index in [1.54, 1.807) is 19.2 Å². The first-order chi connectivity index (χ1) is 13.9. The van der Waals surface area contributed by atoms with Crippen molar-refractivity contribution < 1.29 is 18.7 Å². The molecular formula is C23H26N2O4. The molecule has 6 heteroatoms. The number of oxazole rings is 1. The lowest BCUT2D eigenvalue weighted by molar-refractivity contribution is 0.0600. The molecule has 3 rings (SSSR count). The van der Waals surface area contributed by atoms with Gasteiger partial charge in [0.25, 0.3) is 0 Å². The monoisotopic (exact) mass is 394 g/mol. The summed E-state index contributed by atoms with van der Waals surface area (Å²) < 4.78 is 15.8. The van der Waals surface area contributed by atoms with Crippen LogP contribution < -0.4 is 4.74 Å². The molecular weight excluding hydrogens is 368 g/mol. The molecule has 0 fully saturated rings. The minimum atomic E-state index is -0.366. The second kappa shape index (κ2) is 8.92. The summed E-state index contributed by atoms with van der Waals surface area (Å²) >= 11 is 0. The van der Waals surface area contributed by atoms with Crippen LogP contribution in [0.3, 0.4) is 0 Å². The van der Waals surface area contributed by atoms with Crippen LogP contribution in [-0.2, 0) is 11.3 Å². The number of esters is 1. The maximum Gasteiger partial charge on any atom is 0.337 e. The topological polar surface area (TPSA) is 64.8 Å². The van der Waals surface area contributed by atoms with Crippen molar-refractivity contribution in [1.82, 2.24) is 9.88 Å². The van der Waals surface area contributed by atoms with Crippen LogP contribution in [-0.4, -0.2) is 37.1 Å². The summed E-state index contributed by atoms with van der Waals surface area (Å²) in [5.41, 5.74) is 3.40. The maximum absolute atomic E-state index is 11.6. The van der Waals surface area contributed by atoms with Gasteiger partial charge in [-0.15, -0.1) is 0 Å². The average molecular weight is 394 g/mol. The van der Waals surface area contributed by atoms with Crippen molar-refractivity contribution in [3.63, 3.8) is 0 Å². The summed E-state index contributed by atoms with van der Waals surface area (Å²) in [4.78, 5) is 18.5. The van der Waals surface area contributed by atoms with Crippen molar-refractivity contribution >= 4 is 5.97 Å². The van der Waals surface area contributed by atoms with Crippen LogP contribution in [0.25, 0.3) is 11.5 Å². The van der Waals surface area contributed by atoms with Gasteiger partial charge in [-0.3, -0.25) is 4.90 Å². The molecule has 1 aromatic heterocycles. The lowest BCUT2D eigenvalue weighted by Crippen LogP contribution is -2.22. The number of methoxy groups -OCH3 is 2. The Bertz CT molecular complexity index is 962. The van der Waals surface area contributed by atoms with E-state index in [1.807, 2.05) is 31.2 Å². The Morgan fingerprint density at radius 1 is 1.10 bits per heavy atom. The smallest absolute Gasteiger partial charge is 0.337 e. The van der Waals surface area contributed by atoms with Gasteiger partial charge >= 0.3 is 5.97 Å². The number of carbonyl (C=O) groups excluding carboxylic acids is 1. The van der Waals surface area contributed by atoms with Crippen LogP contribution in [0.4, 0.5) is 0 Å². The van der Waals surface area contributed by atoms with Crippen molar-refractivity contribution in [3.05, 3.63) is 71.1 Å². The molecule has 0 saturated carbocycles. The maximum atomic E-state index is 11.6. The van der Waals surface area contributed by atoms with Gasteiger partial charge in [0.2, 0.25) is 5.89 Å². The lowest BCUT2D eigenvalue weighted by atomic mass is 10.1. The van der Waals surface area contributed by atoms with Crippen molar-refractivity contribution in [2.45, 2.75) is 26.4 Å². The molecule has 0 radical (unpaired) electrons. The number of hydrogen-bond donors (Lipinski definition) is 0. The Morgan fingerprint density at radius 2 is 1.76 bits per heavy atom. The molecule has 6 nitrogen and oxygen atoms in total. The number of carbonyl (C=O) groups is 1. The molecule has 0 saturated heterocycles. The number of nitrogens with zero attached hydrogens (tertiary/aromatic N) is 2. The molecule has 0 amide bonds.